The van der Waals surface area contributed by atoms with Gasteiger partial charge in [0.1, 0.15) is 22.3 Å². The second-order valence-electron chi connectivity index (χ2n) is 3.43. The number of amides is 1. The lowest BCUT2D eigenvalue weighted by atomic mass is 10.2. The second kappa shape index (κ2) is 4.85. The van der Waals surface area contributed by atoms with Gasteiger partial charge in [0.2, 0.25) is 0 Å². The Bertz CT molecular complexity index is 645. The predicted octanol–water partition coefficient (Wildman–Crippen LogP) is 2.59. The van der Waals surface area contributed by atoms with E-state index in [0.29, 0.717) is 10.6 Å². The number of thiophene rings is 1. The van der Waals surface area contributed by atoms with Gasteiger partial charge in [-0.3, -0.25) is 4.79 Å². The Balaban J connectivity index is 2.31. The molecule has 3 N–H and O–H groups in total. The maximum atomic E-state index is 13.3. The van der Waals surface area contributed by atoms with Gasteiger partial charge < -0.3 is 11.1 Å². The number of anilines is 2. The lowest BCUT2D eigenvalue weighted by Gasteiger charge is -2.06. The Hall–Kier alpha value is -2.39. The predicted molar refractivity (Wildman–Crippen MR) is 67.8 cm³/mol. The highest BCUT2D eigenvalue weighted by molar-refractivity contribution is 7.12. The lowest BCUT2D eigenvalue weighted by molar-refractivity contribution is 0.103. The standard InChI is InChI=1S/C12H8FN3OS/c13-8-2-1-3-10(7(8)6-14)16-12(17)11-9(15)4-5-18-11/h1-5H,15H2,(H,16,17). The Morgan fingerprint density at radius 2 is 2.22 bits per heavy atom. The molecule has 0 atom stereocenters. The average molecular weight is 261 g/mol. The van der Waals surface area contributed by atoms with E-state index in [2.05, 4.69) is 5.32 Å². The summed E-state index contributed by atoms with van der Waals surface area (Å²) in [5.74, 6) is -1.13. The van der Waals surface area contributed by atoms with Crippen molar-refractivity contribution in [3.63, 3.8) is 0 Å². The van der Waals surface area contributed by atoms with Crippen molar-refractivity contribution < 1.29 is 9.18 Å². The van der Waals surface area contributed by atoms with E-state index in [-0.39, 0.29) is 11.3 Å². The fourth-order valence-corrected chi connectivity index (χ4v) is 2.14. The normalized spacial score (nSPS) is 9.78. The summed E-state index contributed by atoms with van der Waals surface area (Å²) in [7, 11) is 0. The van der Waals surface area contributed by atoms with E-state index in [4.69, 9.17) is 11.0 Å². The molecule has 0 unspecified atom stereocenters. The topological polar surface area (TPSA) is 78.9 Å². The van der Waals surface area contributed by atoms with Gasteiger partial charge in [0.15, 0.2) is 0 Å². The summed E-state index contributed by atoms with van der Waals surface area (Å²) in [5, 5.41) is 13.0. The van der Waals surface area contributed by atoms with Crippen molar-refractivity contribution in [2.75, 3.05) is 11.1 Å². The van der Waals surface area contributed by atoms with Crippen LogP contribution < -0.4 is 11.1 Å². The molecule has 0 saturated heterocycles. The van der Waals surface area contributed by atoms with Crippen LogP contribution in [-0.4, -0.2) is 5.91 Å². The van der Waals surface area contributed by atoms with Crippen molar-refractivity contribution in [2.45, 2.75) is 0 Å². The van der Waals surface area contributed by atoms with Gasteiger partial charge in [0.25, 0.3) is 5.91 Å². The zero-order chi connectivity index (χ0) is 13.1. The van der Waals surface area contributed by atoms with Crippen LogP contribution >= 0.6 is 11.3 Å². The van der Waals surface area contributed by atoms with Gasteiger partial charge in [-0.05, 0) is 23.6 Å². The van der Waals surface area contributed by atoms with Gasteiger partial charge in [-0.25, -0.2) is 4.39 Å². The summed E-state index contributed by atoms with van der Waals surface area (Å²) in [6.45, 7) is 0. The molecule has 1 aromatic heterocycles. The summed E-state index contributed by atoms with van der Waals surface area (Å²) in [6, 6.07) is 7.36. The summed E-state index contributed by atoms with van der Waals surface area (Å²) in [6.07, 6.45) is 0. The van der Waals surface area contributed by atoms with Gasteiger partial charge >= 0.3 is 0 Å². The third kappa shape index (κ3) is 2.17. The first-order chi connectivity index (χ1) is 8.63. The number of carbonyl (C=O) groups excluding carboxylic acids is 1. The van der Waals surface area contributed by atoms with Crippen LogP contribution in [0.25, 0.3) is 0 Å². The van der Waals surface area contributed by atoms with Crippen molar-refractivity contribution in [1.29, 1.82) is 5.26 Å². The summed E-state index contributed by atoms with van der Waals surface area (Å²) in [5.41, 5.74) is 5.90. The zero-order valence-corrected chi connectivity index (χ0v) is 9.92. The van der Waals surface area contributed by atoms with Crippen LogP contribution in [0.3, 0.4) is 0 Å². The molecule has 0 radical (unpaired) electrons. The largest absolute Gasteiger partial charge is 0.397 e. The molecule has 0 aliphatic heterocycles. The number of benzene rings is 1. The summed E-state index contributed by atoms with van der Waals surface area (Å²) < 4.78 is 13.3. The quantitative estimate of drug-likeness (QED) is 0.872. The number of nitriles is 1. The number of nitrogens with zero attached hydrogens (tertiary/aromatic N) is 1. The highest BCUT2D eigenvalue weighted by Gasteiger charge is 2.14. The van der Waals surface area contributed by atoms with E-state index in [1.54, 1.807) is 17.5 Å². The third-order valence-electron chi connectivity index (χ3n) is 2.28. The molecule has 0 bridgehead atoms. The minimum absolute atomic E-state index is 0.135. The number of halogens is 1. The maximum absolute atomic E-state index is 13.3. The first-order valence-corrected chi connectivity index (χ1v) is 5.84. The van der Waals surface area contributed by atoms with Crippen LogP contribution in [0, 0.1) is 17.1 Å². The number of carbonyl (C=O) groups is 1. The maximum Gasteiger partial charge on any atom is 0.267 e. The third-order valence-corrected chi connectivity index (χ3v) is 3.20. The molecule has 90 valence electrons. The molecule has 0 aliphatic rings. The van der Waals surface area contributed by atoms with Crippen molar-refractivity contribution >= 4 is 28.6 Å². The number of hydrogen-bond donors (Lipinski definition) is 2. The number of hydrogen-bond acceptors (Lipinski definition) is 4. The molecule has 0 saturated carbocycles. The molecule has 2 rings (SSSR count). The van der Waals surface area contributed by atoms with Gasteiger partial charge in [0.05, 0.1) is 11.4 Å². The minimum atomic E-state index is -0.672. The van der Waals surface area contributed by atoms with Crippen LogP contribution in [0.1, 0.15) is 15.2 Å². The molecule has 0 aliphatic carbocycles. The molecule has 6 heteroatoms. The van der Waals surface area contributed by atoms with E-state index in [1.165, 1.54) is 23.5 Å². The zero-order valence-electron chi connectivity index (χ0n) is 9.11. The van der Waals surface area contributed by atoms with E-state index >= 15 is 0 Å². The molecule has 1 amide bonds. The van der Waals surface area contributed by atoms with E-state index in [9.17, 15) is 9.18 Å². The Kier molecular flexibility index (Phi) is 3.26. The van der Waals surface area contributed by atoms with Crippen LogP contribution in [0.4, 0.5) is 15.8 Å². The molecular formula is C12H8FN3OS. The van der Waals surface area contributed by atoms with Crippen LogP contribution in [0.2, 0.25) is 0 Å². The highest BCUT2D eigenvalue weighted by Crippen LogP contribution is 2.23. The Morgan fingerprint density at radius 1 is 1.44 bits per heavy atom. The van der Waals surface area contributed by atoms with Crippen molar-refractivity contribution in [1.82, 2.24) is 0 Å². The highest BCUT2D eigenvalue weighted by atomic mass is 32.1. The van der Waals surface area contributed by atoms with Gasteiger partial charge in [-0.15, -0.1) is 11.3 Å². The first-order valence-electron chi connectivity index (χ1n) is 4.96. The smallest absolute Gasteiger partial charge is 0.267 e. The van der Waals surface area contributed by atoms with Crippen LogP contribution in [0.15, 0.2) is 29.6 Å². The molecule has 0 spiro atoms. The minimum Gasteiger partial charge on any atom is -0.397 e. The number of nitrogens with two attached hydrogens (primary N) is 1. The van der Waals surface area contributed by atoms with Crippen LogP contribution in [-0.2, 0) is 0 Å². The van der Waals surface area contributed by atoms with Gasteiger partial charge in [-0.1, -0.05) is 6.07 Å². The van der Waals surface area contributed by atoms with Crippen molar-refractivity contribution in [3.8, 4) is 6.07 Å². The SMILES string of the molecule is N#Cc1c(F)cccc1NC(=O)c1sccc1N. The van der Waals surface area contributed by atoms with Gasteiger partial charge in [-0.2, -0.15) is 5.26 Å². The number of nitrogen functional groups attached to an aromatic ring is 1. The molecular weight excluding hydrogens is 253 g/mol. The summed E-state index contributed by atoms with van der Waals surface area (Å²) >= 11 is 1.18. The molecule has 1 heterocycles. The molecule has 1 aromatic carbocycles. The van der Waals surface area contributed by atoms with E-state index in [1.807, 2.05) is 0 Å². The average Bonchev–Trinajstić information content (AvgIpc) is 2.76. The van der Waals surface area contributed by atoms with Crippen molar-refractivity contribution in [2.24, 2.45) is 0 Å². The fourth-order valence-electron chi connectivity index (χ4n) is 1.42. The first kappa shape index (κ1) is 12.1. The molecule has 0 fully saturated rings. The Morgan fingerprint density at radius 3 is 2.83 bits per heavy atom. The van der Waals surface area contributed by atoms with E-state index in [0.717, 1.165) is 6.07 Å². The van der Waals surface area contributed by atoms with Crippen LogP contribution in [0.5, 0.6) is 0 Å². The molecule has 18 heavy (non-hydrogen) atoms. The lowest BCUT2D eigenvalue weighted by Crippen LogP contribution is -2.13. The number of nitrogens with one attached hydrogen (secondary N) is 1. The Labute approximate surface area is 106 Å². The van der Waals surface area contributed by atoms with Crippen molar-refractivity contribution in [3.05, 3.63) is 45.9 Å². The monoisotopic (exact) mass is 261 g/mol. The molecule has 4 nitrogen and oxygen atoms in total. The second-order valence-corrected chi connectivity index (χ2v) is 4.35. The number of rotatable bonds is 2. The van der Waals surface area contributed by atoms with E-state index < -0.39 is 11.7 Å². The molecule has 2 aromatic rings. The fraction of sp³-hybridized carbons (Fsp3) is 0. The summed E-state index contributed by atoms with van der Waals surface area (Å²) in [4.78, 5) is 12.2. The van der Waals surface area contributed by atoms with Gasteiger partial charge in [0, 0.05) is 0 Å².